The lowest BCUT2D eigenvalue weighted by Gasteiger charge is -2.30. The summed E-state index contributed by atoms with van der Waals surface area (Å²) < 4.78 is 1.73. The molecule has 0 unspecified atom stereocenters. The first kappa shape index (κ1) is 20.7. The third-order valence-corrected chi connectivity index (χ3v) is 5.41. The van der Waals surface area contributed by atoms with Gasteiger partial charge in [0, 0.05) is 29.5 Å². The summed E-state index contributed by atoms with van der Waals surface area (Å²) in [5, 5.41) is 17.6. The molecule has 31 heavy (non-hydrogen) atoms. The van der Waals surface area contributed by atoms with Gasteiger partial charge >= 0.3 is 0 Å². The fourth-order valence-electron chi connectivity index (χ4n) is 3.63. The first-order chi connectivity index (χ1) is 15.0. The number of benzene rings is 2. The number of carbonyl (C=O) groups is 1. The molecule has 1 aliphatic rings. The highest BCUT2D eigenvalue weighted by Crippen LogP contribution is 2.26. The van der Waals surface area contributed by atoms with Crippen molar-refractivity contribution in [3.63, 3.8) is 0 Å². The van der Waals surface area contributed by atoms with E-state index >= 15 is 0 Å². The number of hydrogen-bond donors (Lipinski definition) is 2. The van der Waals surface area contributed by atoms with Crippen LogP contribution in [0, 0.1) is 10.1 Å². The zero-order chi connectivity index (χ0) is 21.8. The molecule has 9 nitrogen and oxygen atoms in total. The largest absolute Gasteiger partial charge is 0.335 e. The SMILES string of the molecule is C[NH+]1CCN(NC(=O)Cc2cn(-c3ccccc3)nc2-c2ccc([N+](=O)[O-])cc2)CC1. The Morgan fingerprint density at radius 2 is 1.81 bits per heavy atom. The molecule has 0 bridgehead atoms. The van der Waals surface area contributed by atoms with E-state index in [1.165, 1.54) is 17.0 Å². The van der Waals surface area contributed by atoms with Crippen LogP contribution in [0.3, 0.4) is 0 Å². The molecule has 0 saturated carbocycles. The van der Waals surface area contributed by atoms with Gasteiger partial charge in [-0.3, -0.25) is 20.3 Å². The van der Waals surface area contributed by atoms with Crippen LogP contribution in [-0.4, -0.2) is 58.8 Å². The van der Waals surface area contributed by atoms with E-state index in [4.69, 9.17) is 0 Å². The van der Waals surface area contributed by atoms with Crippen LogP contribution in [0.1, 0.15) is 5.56 Å². The van der Waals surface area contributed by atoms with Crippen molar-refractivity contribution in [2.24, 2.45) is 0 Å². The number of non-ortho nitro benzene ring substituents is 1. The van der Waals surface area contributed by atoms with E-state index in [0.717, 1.165) is 43.0 Å². The summed E-state index contributed by atoms with van der Waals surface area (Å²) in [7, 11) is 2.15. The Bertz CT molecular complexity index is 1060. The molecule has 0 atom stereocenters. The molecule has 0 aliphatic carbocycles. The number of carbonyl (C=O) groups excluding carboxylic acids is 1. The van der Waals surface area contributed by atoms with Crippen molar-refractivity contribution in [1.29, 1.82) is 0 Å². The van der Waals surface area contributed by atoms with E-state index in [9.17, 15) is 14.9 Å². The summed E-state index contributed by atoms with van der Waals surface area (Å²) in [6, 6.07) is 15.9. The molecule has 0 radical (unpaired) electrons. The predicted molar refractivity (Wildman–Crippen MR) is 116 cm³/mol. The van der Waals surface area contributed by atoms with E-state index in [2.05, 4.69) is 17.6 Å². The van der Waals surface area contributed by atoms with E-state index in [-0.39, 0.29) is 18.0 Å². The minimum absolute atomic E-state index is 0.0164. The van der Waals surface area contributed by atoms with Crippen molar-refractivity contribution in [1.82, 2.24) is 20.2 Å². The molecule has 1 fully saturated rings. The average molecular weight is 421 g/mol. The van der Waals surface area contributed by atoms with Crippen LogP contribution in [0.4, 0.5) is 5.69 Å². The van der Waals surface area contributed by atoms with Crippen molar-refractivity contribution in [2.75, 3.05) is 33.2 Å². The molecule has 2 heterocycles. The molecule has 1 aliphatic heterocycles. The second-order valence-electron chi connectivity index (χ2n) is 7.74. The molecular weight excluding hydrogens is 396 g/mol. The Kier molecular flexibility index (Phi) is 6.06. The number of hydrogen-bond acceptors (Lipinski definition) is 5. The van der Waals surface area contributed by atoms with Gasteiger partial charge in [-0.25, -0.2) is 9.69 Å². The van der Waals surface area contributed by atoms with Crippen LogP contribution < -0.4 is 10.3 Å². The van der Waals surface area contributed by atoms with E-state index in [1.807, 2.05) is 41.5 Å². The maximum absolute atomic E-state index is 12.7. The molecule has 0 spiro atoms. The third-order valence-electron chi connectivity index (χ3n) is 5.41. The van der Waals surface area contributed by atoms with Crippen molar-refractivity contribution >= 4 is 11.6 Å². The highest BCUT2D eigenvalue weighted by Gasteiger charge is 2.21. The molecule has 4 rings (SSSR count). The maximum atomic E-state index is 12.7. The Morgan fingerprint density at radius 3 is 2.45 bits per heavy atom. The molecule has 1 amide bonds. The summed E-state index contributed by atoms with van der Waals surface area (Å²) in [6.07, 6.45) is 2.01. The Labute approximate surface area is 180 Å². The van der Waals surface area contributed by atoms with Gasteiger partial charge < -0.3 is 4.90 Å². The molecular formula is C22H25N6O3+. The number of piperazine rings is 1. The summed E-state index contributed by atoms with van der Waals surface area (Å²) in [6.45, 7) is 3.60. The number of quaternary nitrogens is 1. The molecule has 160 valence electrons. The summed E-state index contributed by atoms with van der Waals surface area (Å²) >= 11 is 0. The number of hydrazine groups is 1. The quantitative estimate of drug-likeness (QED) is 0.454. The monoisotopic (exact) mass is 421 g/mol. The van der Waals surface area contributed by atoms with Crippen LogP contribution in [0.15, 0.2) is 60.8 Å². The Morgan fingerprint density at radius 1 is 1.13 bits per heavy atom. The van der Waals surface area contributed by atoms with Crippen LogP contribution in [0.25, 0.3) is 16.9 Å². The topological polar surface area (TPSA) is 97.7 Å². The summed E-state index contributed by atoms with van der Waals surface area (Å²) in [5.41, 5.74) is 6.01. The van der Waals surface area contributed by atoms with Gasteiger partial charge in [-0.2, -0.15) is 5.10 Å². The smallest absolute Gasteiger partial charge is 0.269 e. The zero-order valence-corrected chi connectivity index (χ0v) is 17.3. The van der Waals surface area contributed by atoms with Gasteiger partial charge in [0.2, 0.25) is 5.91 Å². The van der Waals surface area contributed by atoms with Crippen LogP contribution in [0.5, 0.6) is 0 Å². The van der Waals surface area contributed by atoms with Gasteiger partial charge in [0.1, 0.15) is 0 Å². The number of amides is 1. The summed E-state index contributed by atoms with van der Waals surface area (Å²) in [5.74, 6) is -0.102. The lowest BCUT2D eigenvalue weighted by molar-refractivity contribution is -0.884. The van der Waals surface area contributed by atoms with Crippen LogP contribution >= 0.6 is 0 Å². The number of nitrogens with one attached hydrogen (secondary N) is 2. The minimum Gasteiger partial charge on any atom is -0.335 e. The number of nitrogens with zero attached hydrogens (tertiary/aromatic N) is 4. The Balaban J connectivity index is 1.59. The van der Waals surface area contributed by atoms with E-state index in [1.54, 1.807) is 16.8 Å². The second kappa shape index (κ2) is 9.07. The van der Waals surface area contributed by atoms with Gasteiger partial charge in [0.25, 0.3) is 5.69 Å². The molecule has 2 N–H and O–H groups in total. The normalized spacial score (nSPS) is 15.0. The minimum atomic E-state index is -0.432. The lowest BCUT2D eigenvalue weighted by Crippen LogP contribution is -3.12. The molecule has 1 saturated heterocycles. The highest BCUT2D eigenvalue weighted by atomic mass is 16.6. The first-order valence-electron chi connectivity index (χ1n) is 10.2. The average Bonchev–Trinajstić information content (AvgIpc) is 3.19. The number of likely N-dealkylation sites (N-methyl/N-ethyl adjacent to an activating group) is 1. The van der Waals surface area contributed by atoms with Gasteiger partial charge in [-0.15, -0.1) is 0 Å². The summed E-state index contributed by atoms with van der Waals surface area (Å²) in [4.78, 5) is 24.8. The van der Waals surface area contributed by atoms with E-state index < -0.39 is 4.92 Å². The fourth-order valence-corrected chi connectivity index (χ4v) is 3.63. The molecule has 9 heteroatoms. The van der Waals surface area contributed by atoms with Crippen LogP contribution in [-0.2, 0) is 11.2 Å². The lowest BCUT2D eigenvalue weighted by atomic mass is 10.1. The van der Waals surface area contributed by atoms with Crippen molar-refractivity contribution in [2.45, 2.75) is 6.42 Å². The van der Waals surface area contributed by atoms with Gasteiger partial charge in [0.15, 0.2) is 0 Å². The fraction of sp³-hybridized carbons (Fsp3) is 0.273. The number of rotatable bonds is 6. The number of aromatic nitrogens is 2. The number of nitro benzene ring substituents is 1. The van der Waals surface area contributed by atoms with Gasteiger partial charge in [-0.1, -0.05) is 18.2 Å². The zero-order valence-electron chi connectivity index (χ0n) is 17.3. The number of nitro groups is 1. The van der Waals surface area contributed by atoms with E-state index in [0.29, 0.717) is 5.69 Å². The second-order valence-corrected chi connectivity index (χ2v) is 7.74. The standard InChI is InChI=1S/C22H24N6O3/c1-25-11-13-26(14-12-25)23-21(29)15-18-16-27(19-5-3-2-4-6-19)24-22(18)17-7-9-20(10-8-17)28(30)31/h2-10,16H,11-15H2,1H3,(H,23,29)/p+1. The third kappa shape index (κ3) is 4.96. The van der Waals surface area contributed by atoms with Gasteiger partial charge in [0.05, 0.1) is 56.0 Å². The van der Waals surface area contributed by atoms with Gasteiger partial charge in [-0.05, 0) is 24.3 Å². The van der Waals surface area contributed by atoms with Crippen molar-refractivity contribution in [3.05, 3.63) is 76.5 Å². The molecule has 2 aromatic carbocycles. The highest BCUT2D eigenvalue weighted by molar-refractivity contribution is 5.81. The number of para-hydroxylation sites is 1. The predicted octanol–water partition coefficient (Wildman–Crippen LogP) is 0.852. The maximum Gasteiger partial charge on any atom is 0.269 e. The first-order valence-corrected chi connectivity index (χ1v) is 10.2. The molecule has 3 aromatic rings. The van der Waals surface area contributed by atoms with Crippen molar-refractivity contribution < 1.29 is 14.6 Å². The van der Waals surface area contributed by atoms with Crippen LogP contribution in [0.2, 0.25) is 0 Å². The molecule has 1 aromatic heterocycles. The van der Waals surface area contributed by atoms with Crippen molar-refractivity contribution in [3.8, 4) is 16.9 Å². The Hall–Kier alpha value is -3.56.